The van der Waals surface area contributed by atoms with Crippen LogP contribution in [0.2, 0.25) is 0 Å². The van der Waals surface area contributed by atoms with Gasteiger partial charge in [0.1, 0.15) is 5.75 Å². The number of rotatable bonds is 7. The van der Waals surface area contributed by atoms with E-state index in [9.17, 15) is 13.2 Å². The number of halogens is 1. The van der Waals surface area contributed by atoms with Crippen molar-refractivity contribution in [3.05, 3.63) is 53.0 Å². The van der Waals surface area contributed by atoms with Gasteiger partial charge in [0.25, 0.3) is 0 Å². The van der Waals surface area contributed by atoms with Crippen LogP contribution in [-0.4, -0.2) is 38.3 Å². The summed E-state index contributed by atoms with van der Waals surface area (Å²) in [6.07, 6.45) is 2.99. The van der Waals surface area contributed by atoms with Crippen LogP contribution >= 0.6 is 15.9 Å². The van der Waals surface area contributed by atoms with E-state index in [-0.39, 0.29) is 23.8 Å². The Balaban J connectivity index is 1.57. The summed E-state index contributed by atoms with van der Waals surface area (Å²) < 4.78 is 33.5. The molecule has 2 aromatic carbocycles. The molecule has 1 aliphatic rings. The summed E-state index contributed by atoms with van der Waals surface area (Å²) in [5.41, 5.74) is 0.463. The summed E-state index contributed by atoms with van der Waals surface area (Å²) in [5, 5.41) is 2.74. The molecule has 0 spiro atoms. The van der Waals surface area contributed by atoms with Gasteiger partial charge in [-0.05, 0) is 49.2 Å². The van der Waals surface area contributed by atoms with Crippen molar-refractivity contribution in [1.29, 1.82) is 0 Å². The van der Waals surface area contributed by atoms with Crippen molar-refractivity contribution >= 4 is 37.5 Å². The Labute approximate surface area is 174 Å². The summed E-state index contributed by atoms with van der Waals surface area (Å²) in [6.45, 7) is 1.33. The average molecular weight is 467 g/mol. The van der Waals surface area contributed by atoms with Gasteiger partial charge in [-0.2, -0.15) is 4.31 Å². The van der Waals surface area contributed by atoms with Crippen molar-refractivity contribution in [3.63, 3.8) is 0 Å². The van der Waals surface area contributed by atoms with Gasteiger partial charge in [0.05, 0.1) is 17.9 Å². The zero-order valence-electron chi connectivity index (χ0n) is 15.4. The van der Waals surface area contributed by atoms with E-state index in [1.165, 1.54) is 10.4 Å². The zero-order valence-corrected chi connectivity index (χ0v) is 17.8. The van der Waals surface area contributed by atoms with Crippen molar-refractivity contribution in [2.24, 2.45) is 0 Å². The molecule has 0 atom stereocenters. The van der Waals surface area contributed by atoms with Crippen LogP contribution in [0.4, 0.5) is 5.69 Å². The number of piperidine rings is 1. The number of nitrogens with one attached hydrogen (secondary N) is 1. The Morgan fingerprint density at radius 2 is 1.82 bits per heavy atom. The van der Waals surface area contributed by atoms with E-state index in [0.717, 1.165) is 23.7 Å². The smallest absolute Gasteiger partial charge is 0.243 e. The lowest BCUT2D eigenvalue weighted by Crippen LogP contribution is -2.35. The van der Waals surface area contributed by atoms with E-state index in [1.54, 1.807) is 18.2 Å². The van der Waals surface area contributed by atoms with Crippen LogP contribution in [0.15, 0.2) is 57.9 Å². The molecule has 1 aliphatic heterocycles. The second-order valence-electron chi connectivity index (χ2n) is 6.60. The fourth-order valence-electron chi connectivity index (χ4n) is 3.03. The molecule has 150 valence electrons. The third-order valence-corrected chi connectivity index (χ3v) is 6.85. The minimum Gasteiger partial charge on any atom is -0.493 e. The number of benzene rings is 2. The van der Waals surface area contributed by atoms with Gasteiger partial charge in [0.15, 0.2) is 0 Å². The molecule has 1 amide bonds. The van der Waals surface area contributed by atoms with Gasteiger partial charge in [0, 0.05) is 23.2 Å². The van der Waals surface area contributed by atoms with Crippen LogP contribution in [-0.2, 0) is 14.8 Å². The molecule has 1 heterocycles. The first kappa shape index (κ1) is 20.8. The van der Waals surface area contributed by atoms with Crippen molar-refractivity contribution in [3.8, 4) is 5.75 Å². The lowest BCUT2D eigenvalue weighted by molar-refractivity contribution is -0.116. The van der Waals surface area contributed by atoms with Crippen LogP contribution in [0.25, 0.3) is 0 Å². The normalized spacial score (nSPS) is 15.2. The summed E-state index contributed by atoms with van der Waals surface area (Å²) in [5.74, 6) is 0.444. The molecular formula is C20H23BrN2O4S. The zero-order chi connectivity index (χ0) is 20.0. The first-order valence-electron chi connectivity index (χ1n) is 9.23. The summed E-state index contributed by atoms with van der Waals surface area (Å²) in [7, 11) is -3.52. The van der Waals surface area contributed by atoms with E-state index in [1.807, 2.05) is 24.3 Å². The molecular weight excluding hydrogens is 444 g/mol. The van der Waals surface area contributed by atoms with Gasteiger partial charge < -0.3 is 10.1 Å². The number of hydrogen-bond donors (Lipinski definition) is 1. The van der Waals surface area contributed by atoms with Crippen molar-refractivity contribution in [2.75, 3.05) is 25.0 Å². The molecule has 1 saturated heterocycles. The van der Waals surface area contributed by atoms with Gasteiger partial charge >= 0.3 is 0 Å². The highest BCUT2D eigenvalue weighted by atomic mass is 79.9. The third-order valence-electron chi connectivity index (χ3n) is 4.46. The number of carbonyl (C=O) groups is 1. The molecule has 3 rings (SSSR count). The molecule has 1 fully saturated rings. The Morgan fingerprint density at radius 1 is 1.07 bits per heavy atom. The molecule has 2 aromatic rings. The second-order valence-corrected chi connectivity index (χ2v) is 9.45. The Hall–Kier alpha value is -1.90. The standard InChI is InChI=1S/C20H23BrN2O4S/c21-16-6-4-8-18(14-16)27-13-10-20(24)22-17-7-5-9-19(15-17)28(25,26)23-11-2-1-3-12-23/h4-9,14-15H,1-3,10-13H2,(H,22,24). The van der Waals surface area contributed by atoms with Gasteiger partial charge in [-0.3, -0.25) is 4.79 Å². The maximum atomic E-state index is 12.8. The number of nitrogens with zero attached hydrogens (tertiary/aromatic N) is 1. The molecule has 1 N–H and O–H groups in total. The molecule has 6 nitrogen and oxygen atoms in total. The Kier molecular flexibility index (Phi) is 7.09. The van der Waals surface area contributed by atoms with Gasteiger partial charge in [-0.25, -0.2) is 8.42 Å². The highest BCUT2D eigenvalue weighted by molar-refractivity contribution is 9.10. The molecule has 0 aliphatic carbocycles. The van der Waals surface area contributed by atoms with Gasteiger partial charge in [0.2, 0.25) is 15.9 Å². The number of amides is 1. The largest absolute Gasteiger partial charge is 0.493 e. The maximum absolute atomic E-state index is 12.8. The number of hydrogen-bond acceptors (Lipinski definition) is 4. The van der Waals surface area contributed by atoms with Crippen LogP contribution in [0, 0.1) is 0 Å². The lowest BCUT2D eigenvalue weighted by Gasteiger charge is -2.26. The summed E-state index contributed by atoms with van der Waals surface area (Å²) in [4.78, 5) is 12.4. The van der Waals surface area contributed by atoms with Crippen molar-refractivity contribution in [1.82, 2.24) is 4.31 Å². The van der Waals surface area contributed by atoms with E-state index in [2.05, 4.69) is 21.2 Å². The van der Waals surface area contributed by atoms with Gasteiger partial charge in [-0.1, -0.05) is 34.5 Å². The Bertz CT molecular complexity index is 927. The molecule has 0 saturated carbocycles. The van der Waals surface area contributed by atoms with Crippen LogP contribution in [0.1, 0.15) is 25.7 Å². The Morgan fingerprint density at radius 3 is 2.57 bits per heavy atom. The highest BCUT2D eigenvalue weighted by Crippen LogP contribution is 2.23. The van der Waals surface area contributed by atoms with Crippen LogP contribution in [0.5, 0.6) is 5.75 Å². The predicted octanol–water partition coefficient (Wildman–Crippen LogP) is 4.03. The van der Waals surface area contributed by atoms with Gasteiger partial charge in [-0.15, -0.1) is 0 Å². The minimum absolute atomic E-state index is 0.162. The molecule has 0 aromatic heterocycles. The first-order chi connectivity index (χ1) is 13.4. The molecule has 0 unspecified atom stereocenters. The van der Waals surface area contributed by atoms with E-state index in [4.69, 9.17) is 4.74 Å². The van der Waals surface area contributed by atoms with E-state index >= 15 is 0 Å². The second kappa shape index (κ2) is 9.54. The highest BCUT2D eigenvalue weighted by Gasteiger charge is 2.26. The molecule has 8 heteroatoms. The maximum Gasteiger partial charge on any atom is 0.243 e. The van der Waals surface area contributed by atoms with Crippen molar-refractivity contribution in [2.45, 2.75) is 30.6 Å². The third kappa shape index (κ3) is 5.56. The topological polar surface area (TPSA) is 75.7 Å². The number of carbonyl (C=O) groups excluding carboxylic acids is 1. The predicted molar refractivity (Wildman–Crippen MR) is 112 cm³/mol. The summed E-state index contributed by atoms with van der Waals surface area (Å²) >= 11 is 3.37. The average Bonchev–Trinajstić information content (AvgIpc) is 2.69. The minimum atomic E-state index is -3.52. The molecule has 0 radical (unpaired) electrons. The van der Waals surface area contributed by atoms with Crippen LogP contribution in [0.3, 0.4) is 0 Å². The SMILES string of the molecule is O=C(CCOc1cccc(Br)c1)Nc1cccc(S(=O)(=O)N2CCCCC2)c1. The van der Waals surface area contributed by atoms with E-state index in [0.29, 0.717) is 24.5 Å². The van der Waals surface area contributed by atoms with Crippen LogP contribution < -0.4 is 10.1 Å². The lowest BCUT2D eigenvalue weighted by atomic mass is 10.2. The van der Waals surface area contributed by atoms with Crippen molar-refractivity contribution < 1.29 is 17.9 Å². The number of anilines is 1. The fourth-order valence-corrected chi connectivity index (χ4v) is 4.97. The van der Waals surface area contributed by atoms with E-state index < -0.39 is 10.0 Å². The number of sulfonamides is 1. The summed E-state index contributed by atoms with van der Waals surface area (Å²) in [6, 6.07) is 13.8. The first-order valence-corrected chi connectivity index (χ1v) is 11.5. The monoisotopic (exact) mass is 466 g/mol. The fraction of sp³-hybridized carbons (Fsp3) is 0.350. The molecule has 28 heavy (non-hydrogen) atoms. The molecule has 0 bridgehead atoms. The quantitative estimate of drug-likeness (QED) is 0.667. The number of ether oxygens (including phenoxy) is 1.